The van der Waals surface area contributed by atoms with E-state index < -0.39 is 59.9 Å². The van der Waals surface area contributed by atoms with E-state index in [4.69, 9.17) is 5.73 Å². The Morgan fingerprint density at radius 1 is 0.889 bits per heavy atom. The van der Waals surface area contributed by atoms with Gasteiger partial charge in [0, 0.05) is 26.7 Å². The van der Waals surface area contributed by atoms with Crippen molar-refractivity contribution in [2.45, 2.75) is 130 Å². The van der Waals surface area contributed by atoms with Gasteiger partial charge in [0.05, 0.1) is 12.1 Å². The number of nitrogens with zero attached hydrogens (tertiary/aromatic N) is 2. The van der Waals surface area contributed by atoms with Gasteiger partial charge in [-0.05, 0) is 51.5 Å². The Hall–Kier alpha value is -2.77. The van der Waals surface area contributed by atoms with Gasteiger partial charge in [-0.2, -0.15) is 0 Å². The first-order valence-corrected chi connectivity index (χ1v) is 16.8. The molecular formula is C32H61N7O6. The third-order valence-corrected chi connectivity index (χ3v) is 8.66. The monoisotopic (exact) mass is 639 g/mol. The van der Waals surface area contributed by atoms with Gasteiger partial charge in [-0.25, -0.2) is 0 Å². The van der Waals surface area contributed by atoms with Crippen molar-refractivity contribution in [1.29, 1.82) is 0 Å². The Bertz CT molecular complexity index is 962. The number of amides is 5. The standard InChI is InChI=1S/C32H61N7O6/c1-9-11-12-13-16-39-17-14-15-34-30(43)27(23(7)40)37-28(41)24(19-33)35-31(44)26(21(5)10-2)36-29(42)25(18-20(3)4)38(8)32(45)22(39)6/h20-27,40H,9-19,33H2,1-8H3,(H,34,43)(H,35,44)(H,36,42)(H,37,41)/t21-,22+,23+,24+,25+,26+,27+/m1/s1. The van der Waals surface area contributed by atoms with E-state index in [9.17, 15) is 29.1 Å². The average molecular weight is 640 g/mol. The molecule has 1 aliphatic rings. The molecule has 1 fully saturated rings. The molecule has 0 aromatic carbocycles. The summed E-state index contributed by atoms with van der Waals surface area (Å²) >= 11 is 0. The fourth-order valence-corrected chi connectivity index (χ4v) is 5.44. The second-order valence-corrected chi connectivity index (χ2v) is 12.9. The van der Waals surface area contributed by atoms with E-state index in [1.807, 2.05) is 34.6 Å². The lowest BCUT2D eigenvalue weighted by Crippen LogP contribution is -2.62. The van der Waals surface area contributed by atoms with Gasteiger partial charge >= 0.3 is 0 Å². The van der Waals surface area contributed by atoms with Crippen LogP contribution >= 0.6 is 0 Å². The number of aliphatic hydroxyl groups is 1. The predicted octanol–water partition coefficient (Wildman–Crippen LogP) is 0.490. The molecule has 7 atom stereocenters. The lowest BCUT2D eigenvalue weighted by Gasteiger charge is -2.36. The molecule has 0 saturated carbocycles. The second kappa shape index (κ2) is 20.4. The highest BCUT2D eigenvalue weighted by atomic mass is 16.3. The molecule has 13 heteroatoms. The zero-order valence-corrected chi connectivity index (χ0v) is 28.9. The van der Waals surface area contributed by atoms with Crippen molar-refractivity contribution in [2.75, 3.05) is 33.2 Å². The molecule has 0 aliphatic carbocycles. The van der Waals surface area contributed by atoms with Crippen molar-refractivity contribution in [1.82, 2.24) is 31.1 Å². The fourth-order valence-electron chi connectivity index (χ4n) is 5.44. The van der Waals surface area contributed by atoms with Crippen LogP contribution in [-0.2, 0) is 24.0 Å². The van der Waals surface area contributed by atoms with E-state index in [-0.39, 0.29) is 30.8 Å². The van der Waals surface area contributed by atoms with Crippen molar-refractivity contribution < 1.29 is 29.1 Å². The Morgan fingerprint density at radius 3 is 2.09 bits per heavy atom. The summed E-state index contributed by atoms with van der Waals surface area (Å²) in [6.07, 6.45) is 4.35. The van der Waals surface area contributed by atoms with Gasteiger partial charge in [-0.1, -0.05) is 60.3 Å². The lowest BCUT2D eigenvalue weighted by molar-refractivity contribution is -0.144. The number of hydrogen-bond donors (Lipinski definition) is 6. The van der Waals surface area contributed by atoms with Gasteiger partial charge in [0.15, 0.2) is 0 Å². The summed E-state index contributed by atoms with van der Waals surface area (Å²) in [5, 5.41) is 21.1. The van der Waals surface area contributed by atoms with Crippen molar-refractivity contribution >= 4 is 29.5 Å². The molecule has 1 saturated heterocycles. The van der Waals surface area contributed by atoms with Gasteiger partial charge in [0.2, 0.25) is 29.5 Å². The summed E-state index contributed by atoms with van der Waals surface area (Å²) in [7, 11) is 1.63. The Balaban J connectivity index is 3.54. The SMILES string of the molecule is CCCCCCN1CCCNC(=O)[C@H]([C@H](C)O)NC(=O)[C@H](CN)NC(=O)[C@H]([C@H](C)CC)NC(=O)[C@H](CC(C)C)N(C)C(=O)[C@@H]1C. The number of unbranched alkanes of at least 4 members (excludes halogenated alkanes) is 3. The van der Waals surface area contributed by atoms with E-state index in [2.05, 4.69) is 33.1 Å². The number of nitrogens with two attached hydrogens (primary N) is 1. The normalized spacial score (nSPS) is 27.0. The van der Waals surface area contributed by atoms with Gasteiger partial charge in [-0.15, -0.1) is 0 Å². The van der Waals surface area contributed by atoms with Crippen molar-refractivity contribution in [3.05, 3.63) is 0 Å². The van der Waals surface area contributed by atoms with Crippen molar-refractivity contribution in [3.63, 3.8) is 0 Å². The van der Waals surface area contributed by atoms with E-state index >= 15 is 0 Å². The van der Waals surface area contributed by atoms with Crippen LogP contribution in [-0.4, -0.2) is 114 Å². The molecule has 0 aromatic heterocycles. The van der Waals surface area contributed by atoms with Crippen LogP contribution < -0.4 is 27.0 Å². The van der Waals surface area contributed by atoms with Crippen molar-refractivity contribution in [2.24, 2.45) is 17.6 Å². The third kappa shape index (κ3) is 12.9. The lowest BCUT2D eigenvalue weighted by atomic mass is 9.96. The first kappa shape index (κ1) is 40.3. The van der Waals surface area contributed by atoms with Gasteiger partial charge in [-0.3, -0.25) is 28.9 Å². The maximum absolute atomic E-state index is 13.9. The zero-order chi connectivity index (χ0) is 34.3. The number of hydrogen-bond acceptors (Lipinski definition) is 8. The highest BCUT2D eigenvalue weighted by molar-refractivity contribution is 5.96. The number of rotatable bonds is 11. The molecule has 0 radical (unpaired) electrons. The largest absolute Gasteiger partial charge is 0.391 e. The second-order valence-electron chi connectivity index (χ2n) is 12.9. The summed E-state index contributed by atoms with van der Waals surface area (Å²) in [6.45, 7) is 14.2. The maximum atomic E-state index is 13.9. The number of likely N-dealkylation sites (N-methyl/N-ethyl adjacent to an activating group) is 1. The highest BCUT2D eigenvalue weighted by Gasteiger charge is 2.37. The molecule has 0 aromatic rings. The number of carbonyl (C=O) groups excluding carboxylic acids is 5. The summed E-state index contributed by atoms with van der Waals surface area (Å²) in [4.78, 5) is 71.0. The third-order valence-electron chi connectivity index (χ3n) is 8.66. The van der Waals surface area contributed by atoms with Crippen LogP contribution in [0.4, 0.5) is 0 Å². The topological polar surface area (TPSA) is 186 Å². The molecule has 0 unspecified atom stereocenters. The molecule has 13 nitrogen and oxygen atoms in total. The molecule has 5 amide bonds. The van der Waals surface area contributed by atoms with Gasteiger partial charge in [0.1, 0.15) is 24.2 Å². The smallest absolute Gasteiger partial charge is 0.245 e. The van der Waals surface area contributed by atoms with E-state index in [0.29, 0.717) is 32.4 Å². The minimum absolute atomic E-state index is 0.0877. The van der Waals surface area contributed by atoms with Crippen LogP contribution in [0.1, 0.15) is 93.4 Å². The Labute approximate surface area is 270 Å². The van der Waals surface area contributed by atoms with Crippen LogP contribution in [0, 0.1) is 11.8 Å². The first-order chi connectivity index (χ1) is 21.2. The molecule has 45 heavy (non-hydrogen) atoms. The molecule has 1 rings (SSSR count). The number of aliphatic hydroxyl groups excluding tert-OH is 1. The summed E-state index contributed by atoms with van der Waals surface area (Å²) in [5.74, 6) is -2.78. The summed E-state index contributed by atoms with van der Waals surface area (Å²) in [5.41, 5.74) is 5.84. The van der Waals surface area contributed by atoms with Crippen LogP contribution in [0.5, 0.6) is 0 Å². The van der Waals surface area contributed by atoms with E-state index in [1.54, 1.807) is 7.05 Å². The summed E-state index contributed by atoms with van der Waals surface area (Å²) in [6, 6.07) is -4.84. The molecule has 1 heterocycles. The summed E-state index contributed by atoms with van der Waals surface area (Å²) < 4.78 is 0. The van der Waals surface area contributed by atoms with Gasteiger partial charge < -0.3 is 37.0 Å². The minimum atomic E-state index is -1.27. The Kier molecular flexibility index (Phi) is 18.2. The molecular weight excluding hydrogens is 578 g/mol. The fraction of sp³-hybridized carbons (Fsp3) is 0.844. The van der Waals surface area contributed by atoms with Crippen LogP contribution in [0.25, 0.3) is 0 Å². The first-order valence-electron chi connectivity index (χ1n) is 16.8. The zero-order valence-electron chi connectivity index (χ0n) is 28.9. The van der Waals surface area contributed by atoms with Crippen LogP contribution in [0.3, 0.4) is 0 Å². The van der Waals surface area contributed by atoms with Crippen LogP contribution in [0.2, 0.25) is 0 Å². The maximum Gasteiger partial charge on any atom is 0.245 e. The van der Waals surface area contributed by atoms with E-state index in [1.165, 1.54) is 11.8 Å². The molecule has 7 N–H and O–H groups in total. The van der Waals surface area contributed by atoms with Crippen molar-refractivity contribution in [3.8, 4) is 0 Å². The molecule has 1 aliphatic heterocycles. The van der Waals surface area contributed by atoms with Crippen LogP contribution in [0.15, 0.2) is 0 Å². The van der Waals surface area contributed by atoms with Gasteiger partial charge in [0.25, 0.3) is 0 Å². The minimum Gasteiger partial charge on any atom is -0.391 e. The highest BCUT2D eigenvalue weighted by Crippen LogP contribution is 2.17. The number of carbonyl (C=O) groups is 5. The molecule has 260 valence electrons. The quantitative estimate of drug-likeness (QED) is 0.176. The average Bonchev–Trinajstić information content (AvgIpc) is 3.00. The molecule has 0 spiro atoms. The predicted molar refractivity (Wildman–Crippen MR) is 175 cm³/mol. The number of nitrogens with one attached hydrogen (secondary N) is 4. The van der Waals surface area contributed by atoms with E-state index in [0.717, 1.165) is 25.7 Å². The molecule has 0 bridgehead atoms. The Morgan fingerprint density at radius 2 is 1.53 bits per heavy atom.